The zero-order chi connectivity index (χ0) is 22.7. The van der Waals surface area contributed by atoms with Crippen molar-refractivity contribution in [1.29, 1.82) is 0 Å². The number of hydrogen-bond donors (Lipinski definition) is 2. The van der Waals surface area contributed by atoms with Crippen LogP contribution in [-0.2, 0) is 17.8 Å². The second-order valence-electron chi connectivity index (χ2n) is 8.35. The lowest BCUT2D eigenvalue weighted by molar-refractivity contribution is -0.0910. The fraction of sp³-hybridized carbons (Fsp3) is 0.417. The zero-order valence-electron chi connectivity index (χ0n) is 18.1. The number of aromatic hydroxyl groups is 1. The van der Waals surface area contributed by atoms with Gasteiger partial charge in [0.1, 0.15) is 17.6 Å². The first-order valence-electron chi connectivity index (χ1n) is 10.9. The van der Waals surface area contributed by atoms with Crippen LogP contribution in [0.4, 0.5) is 4.39 Å². The zero-order valence-corrected chi connectivity index (χ0v) is 18.1. The van der Waals surface area contributed by atoms with Gasteiger partial charge in [-0.05, 0) is 44.9 Å². The summed E-state index contributed by atoms with van der Waals surface area (Å²) in [5.74, 6) is -1.56. The van der Waals surface area contributed by atoms with Crippen molar-refractivity contribution >= 4 is 12.0 Å². The fourth-order valence-electron chi connectivity index (χ4n) is 3.92. The Kier molecular flexibility index (Phi) is 6.72. The average Bonchev–Trinajstić information content (AvgIpc) is 2.75. The topological polar surface area (TPSA) is 83.8 Å². The molecule has 4 rings (SSSR count). The number of pyridine rings is 1. The minimum atomic E-state index is -0.739. The van der Waals surface area contributed by atoms with Crippen molar-refractivity contribution in [3.63, 3.8) is 0 Å². The molecule has 1 aliphatic carbocycles. The number of carbonyl (C=O) groups excluding carboxylic acids is 1. The molecule has 1 aliphatic heterocycles. The minimum Gasteiger partial charge on any atom is -0.503 e. The van der Waals surface area contributed by atoms with E-state index in [0.29, 0.717) is 24.4 Å². The van der Waals surface area contributed by atoms with Gasteiger partial charge in [-0.25, -0.2) is 4.39 Å². The van der Waals surface area contributed by atoms with Gasteiger partial charge in [-0.2, -0.15) is 0 Å². The van der Waals surface area contributed by atoms with Gasteiger partial charge >= 0.3 is 0 Å². The van der Waals surface area contributed by atoms with Crippen molar-refractivity contribution in [3.05, 3.63) is 68.9 Å². The largest absolute Gasteiger partial charge is 0.503 e. The van der Waals surface area contributed by atoms with Crippen molar-refractivity contribution < 1.29 is 19.0 Å². The van der Waals surface area contributed by atoms with Crippen LogP contribution in [-0.4, -0.2) is 46.9 Å². The summed E-state index contributed by atoms with van der Waals surface area (Å²) in [5.41, 5.74) is 0.930. The average molecular weight is 442 g/mol. The molecule has 1 atom stereocenters. The molecule has 0 spiro atoms. The molecule has 2 heterocycles. The van der Waals surface area contributed by atoms with Crippen LogP contribution in [0.2, 0.25) is 0 Å². The second kappa shape index (κ2) is 9.67. The number of ether oxygens (including phenoxy) is 1. The molecule has 0 bridgehead atoms. The number of benzene rings is 1. The van der Waals surface area contributed by atoms with Crippen LogP contribution >= 0.6 is 0 Å². The quantitative estimate of drug-likeness (QED) is 0.720. The summed E-state index contributed by atoms with van der Waals surface area (Å²) in [6, 6.07) is 6.11. The van der Waals surface area contributed by atoms with Crippen LogP contribution in [0.25, 0.3) is 6.08 Å². The van der Waals surface area contributed by atoms with E-state index in [1.165, 1.54) is 12.3 Å². The van der Waals surface area contributed by atoms with E-state index in [9.17, 15) is 19.1 Å². The number of rotatable bonds is 6. The Bertz CT molecular complexity index is 1090. The summed E-state index contributed by atoms with van der Waals surface area (Å²) in [7, 11) is 1.96. The predicted molar refractivity (Wildman–Crippen MR) is 119 cm³/mol. The number of carbonyl (C=O) groups is 1. The molecule has 1 aromatic heterocycles. The van der Waals surface area contributed by atoms with Crippen LogP contribution in [0.1, 0.15) is 47.3 Å². The number of allylic oxidation sites excluding steroid dienone is 1. The Morgan fingerprint density at radius 1 is 1.31 bits per heavy atom. The Hall–Kier alpha value is -2.97. The van der Waals surface area contributed by atoms with Gasteiger partial charge in [0.25, 0.3) is 5.91 Å². The molecule has 2 fully saturated rings. The molecule has 7 nitrogen and oxygen atoms in total. The van der Waals surface area contributed by atoms with Crippen molar-refractivity contribution in [2.24, 2.45) is 0 Å². The summed E-state index contributed by atoms with van der Waals surface area (Å²) in [4.78, 5) is 27.7. The molecule has 2 aromatic rings. The molecule has 0 radical (unpaired) electrons. The highest BCUT2D eigenvalue weighted by atomic mass is 19.1. The third-order valence-corrected chi connectivity index (χ3v) is 6.09. The van der Waals surface area contributed by atoms with Crippen LogP contribution in [0.3, 0.4) is 0 Å². The maximum absolute atomic E-state index is 13.9. The van der Waals surface area contributed by atoms with Crippen LogP contribution < -0.4 is 10.7 Å². The Labute approximate surface area is 186 Å². The standard InChI is InChI=1S/C24H28FN3O4/c1-27-10-5-11-32-21(27)15-28-14-18(22(29)23(30)20(28)12-16-6-4-7-16)24(31)26-13-17-8-2-3-9-19(17)25/h2-3,8-9,12,14,21,30H,4-7,10-11,13,15H2,1H3,(H,26,31). The molecule has 1 amide bonds. The minimum absolute atomic E-state index is 0.0635. The highest BCUT2D eigenvalue weighted by Crippen LogP contribution is 2.30. The van der Waals surface area contributed by atoms with Crippen LogP contribution in [0.15, 0.2) is 40.8 Å². The lowest BCUT2D eigenvalue weighted by Crippen LogP contribution is -2.43. The summed E-state index contributed by atoms with van der Waals surface area (Å²) >= 11 is 0. The number of likely N-dealkylation sites (N-methyl/N-ethyl adjacent to an activating group) is 1. The molecule has 1 aromatic carbocycles. The van der Waals surface area contributed by atoms with Gasteiger partial charge in [-0.1, -0.05) is 23.8 Å². The second-order valence-corrected chi connectivity index (χ2v) is 8.35. The first kappa shape index (κ1) is 22.2. The normalized spacial score (nSPS) is 18.8. The van der Waals surface area contributed by atoms with E-state index in [1.807, 2.05) is 13.1 Å². The van der Waals surface area contributed by atoms with E-state index in [2.05, 4.69) is 10.2 Å². The molecule has 2 aliphatic rings. The van der Waals surface area contributed by atoms with E-state index in [4.69, 9.17) is 4.74 Å². The Morgan fingerprint density at radius 3 is 2.78 bits per heavy atom. The predicted octanol–water partition coefficient (Wildman–Crippen LogP) is 2.87. The van der Waals surface area contributed by atoms with Crippen molar-refractivity contribution in [2.45, 2.75) is 45.0 Å². The molecule has 1 unspecified atom stereocenters. The van der Waals surface area contributed by atoms with E-state index in [0.717, 1.165) is 37.8 Å². The fourth-order valence-corrected chi connectivity index (χ4v) is 3.92. The molecule has 32 heavy (non-hydrogen) atoms. The molecule has 2 N–H and O–H groups in total. The molecule has 1 saturated heterocycles. The monoisotopic (exact) mass is 441 g/mol. The van der Waals surface area contributed by atoms with Gasteiger partial charge < -0.3 is 19.7 Å². The number of hydrogen-bond acceptors (Lipinski definition) is 5. The van der Waals surface area contributed by atoms with Crippen molar-refractivity contribution in [2.75, 3.05) is 20.2 Å². The van der Waals surface area contributed by atoms with E-state index in [1.54, 1.807) is 22.8 Å². The Morgan fingerprint density at radius 2 is 2.09 bits per heavy atom. The van der Waals surface area contributed by atoms with Crippen LogP contribution in [0.5, 0.6) is 5.75 Å². The summed E-state index contributed by atoms with van der Waals surface area (Å²) in [6.07, 6.45) is 6.94. The first-order valence-corrected chi connectivity index (χ1v) is 10.9. The number of amides is 1. The summed E-state index contributed by atoms with van der Waals surface area (Å²) in [5, 5.41) is 13.3. The van der Waals surface area contributed by atoms with E-state index in [-0.39, 0.29) is 18.3 Å². The van der Waals surface area contributed by atoms with E-state index >= 15 is 0 Å². The Balaban J connectivity index is 1.64. The van der Waals surface area contributed by atoms with Gasteiger partial charge in [0.05, 0.1) is 12.2 Å². The lowest BCUT2D eigenvalue weighted by atomic mass is 9.91. The number of nitrogens with zero attached hydrogens (tertiary/aromatic N) is 2. The van der Waals surface area contributed by atoms with Crippen molar-refractivity contribution in [3.8, 4) is 5.75 Å². The maximum atomic E-state index is 13.9. The molecular formula is C24H28FN3O4. The van der Waals surface area contributed by atoms with Gasteiger partial charge in [-0.15, -0.1) is 0 Å². The maximum Gasteiger partial charge on any atom is 0.257 e. The van der Waals surface area contributed by atoms with Gasteiger partial charge in [0.2, 0.25) is 5.43 Å². The summed E-state index contributed by atoms with van der Waals surface area (Å²) in [6.45, 7) is 1.81. The molecular weight excluding hydrogens is 413 g/mol. The number of nitrogens with one attached hydrogen (secondary N) is 1. The van der Waals surface area contributed by atoms with E-state index < -0.39 is 22.9 Å². The highest BCUT2D eigenvalue weighted by Gasteiger charge is 2.25. The van der Waals surface area contributed by atoms with Crippen LogP contribution in [0, 0.1) is 5.82 Å². The molecule has 170 valence electrons. The number of halogens is 1. The van der Waals surface area contributed by atoms with Crippen molar-refractivity contribution in [1.82, 2.24) is 14.8 Å². The third-order valence-electron chi connectivity index (χ3n) is 6.09. The lowest BCUT2D eigenvalue weighted by Gasteiger charge is -2.33. The first-order chi connectivity index (χ1) is 15.4. The SMILES string of the molecule is CN1CCCOC1Cn1cc(C(=O)NCc2ccccc2F)c(=O)c(O)c1C=C1CCC1. The van der Waals surface area contributed by atoms with Gasteiger partial charge in [-0.3, -0.25) is 14.5 Å². The van der Waals surface area contributed by atoms with Gasteiger partial charge in [0.15, 0.2) is 5.75 Å². The molecule has 8 heteroatoms. The summed E-state index contributed by atoms with van der Waals surface area (Å²) < 4.78 is 21.5. The highest BCUT2D eigenvalue weighted by molar-refractivity contribution is 5.94. The third kappa shape index (κ3) is 4.76. The number of aromatic nitrogens is 1. The smallest absolute Gasteiger partial charge is 0.257 e. The van der Waals surface area contributed by atoms with Gasteiger partial charge in [0, 0.05) is 31.5 Å². The molecule has 1 saturated carbocycles.